The predicted octanol–water partition coefficient (Wildman–Crippen LogP) is 5.16. The van der Waals surface area contributed by atoms with Crippen LogP contribution in [0.2, 0.25) is 0 Å². The van der Waals surface area contributed by atoms with E-state index in [1.165, 1.54) is 41.9 Å². The van der Waals surface area contributed by atoms with Gasteiger partial charge >= 0.3 is 0 Å². The Morgan fingerprint density at radius 1 is 0.969 bits per heavy atom. The summed E-state index contributed by atoms with van der Waals surface area (Å²) in [6, 6.07) is 11.9. The van der Waals surface area contributed by atoms with Crippen LogP contribution < -0.4 is 10.5 Å². The second-order valence-electron chi connectivity index (χ2n) is 7.27. The lowest BCUT2D eigenvalue weighted by Crippen LogP contribution is -2.25. The zero-order valence-electron chi connectivity index (χ0n) is 16.5. The van der Waals surface area contributed by atoms with E-state index in [1.54, 1.807) is 12.1 Å². The molecule has 0 aliphatic heterocycles. The molecule has 0 unspecified atom stereocenters. The third kappa shape index (κ3) is 3.71. The molecule has 0 radical (unpaired) electrons. The zero-order chi connectivity index (χ0) is 22.2. The minimum absolute atomic E-state index is 0.157. The number of hydrogen-bond donors (Lipinski definition) is 1. The van der Waals surface area contributed by atoms with E-state index in [2.05, 4.69) is 15.0 Å². The topological polar surface area (TPSA) is 61.9 Å². The average Bonchev–Trinajstić information content (AvgIpc) is 3.25. The lowest BCUT2D eigenvalue weighted by Gasteiger charge is -2.25. The Labute approximate surface area is 183 Å². The van der Waals surface area contributed by atoms with E-state index >= 15 is 0 Å². The largest absolute Gasteiger partial charge is 0.347 e. The van der Waals surface area contributed by atoms with Crippen LogP contribution in [0.15, 0.2) is 65.0 Å². The normalized spacial score (nSPS) is 11.3. The van der Waals surface area contributed by atoms with Gasteiger partial charge in [-0.15, -0.1) is 11.3 Å². The number of fused-ring (bicyclic) bond motifs is 2. The van der Waals surface area contributed by atoms with Crippen molar-refractivity contribution < 1.29 is 13.2 Å². The molecule has 0 bridgehead atoms. The second kappa shape index (κ2) is 8.08. The molecule has 160 valence electrons. The highest BCUT2D eigenvalue weighted by Gasteiger charge is 2.18. The molecule has 2 aromatic carbocycles. The third-order valence-corrected chi connectivity index (χ3v) is 5.98. The zero-order valence-corrected chi connectivity index (χ0v) is 17.3. The van der Waals surface area contributed by atoms with Crippen LogP contribution in [0, 0.1) is 17.5 Å². The number of thiophene rings is 1. The number of benzene rings is 2. The Kier molecular flexibility index (Phi) is 5.10. The smallest absolute Gasteiger partial charge is 0.248 e. The number of aromatic amines is 1. The summed E-state index contributed by atoms with van der Waals surface area (Å²) in [5, 5.41) is 3.08. The lowest BCUT2D eigenvalue weighted by atomic mass is 10.1. The monoisotopic (exact) mass is 452 g/mol. The molecule has 0 atom stereocenters. The first-order chi connectivity index (χ1) is 15.5. The number of nitrogens with zero attached hydrogens (tertiary/aromatic N) is 3. The van der Waals surface area contributed by atoms with E-state index in [0.717, 1.165) is 16.3 Å². The third-order valence-electron chi connectivity index (χ3n) is 5.16. The van der Waals surface area contributed by atoms with Crippen molar-refractivity contribution in [2.45, 2.75) is 13.1 Å². The number of anilines is 1. The van der Waals surface area contributed by atoms with Crippen LogP contribution in [0.1, 0.15) is 11.1 Å². The molecule has 3 aromatic heterocycles. The number of rotatable bonds is 5. The van der Waals surface area contributed by atoms with Crippen LogP contribution in [-0.2, 0) is 13.1 Å². The Hall–Kier alpha value is -3.72. The maximum absolute atomic E-state index is 14.4. The fraction of sp³-hybridized carbons (Fsp3) is 0.0870. The Morgan fingerprint density at radius 3 is 2.69 bits per heavy atom. The summed E-state index contributed by atoms with van der Waals surface area (Å²) in [6.45, 7) is 0.432. The SMILES string of the molecule is O=c1cc(CN(Cc2cccc(F)c2)c2ncnc3sccc23)c2ccc(F)c(F)c2[nH]1. The van der Waals surface area contributed by atoms with Crippen molar-refractivity contribution in [1.29, 1.82) is 0 Å². The van der Waals surface area contributed by atoms with E-state index < -0.39 is 17.2 Å². The molecule has 0 saturated heterocycles. The molecule has 9 heteroatoms. The van der Waals surface area contributed by atoms with Gasteiger partial charge in [0.05, 0.1) is 10.9 Å². The number of nitrogens with one attached hydrogen (secondary N) is 1. The fourth-order valence-electron chi connectivity index (χ4n) is 3.76. The van der Waals surface area contributed by atoms with E-state index in [0.29, 0.717) is 22.3 Å². The van der Waals surface area contributed by atoms with Crippen molar-refractivity contribution in [3.63, 3.8) is 0 Å². The van der Waals surface area contributed by atoms with Crippen molar-refractivity contribution in [3.8, 4) is 0 Å². The second-order valence-corrected chi connectivity index (χ2v) is 8.16. The Bertz CT molecular complexity index is 1510. The quantitative estimate of drug-likeness (QED) is 0.400. The number of pyridine rings is 1. The van der Waals surface area contributed by atoms with Crippen LogP contribution in [0.5, 0.6) is 0 Å². The van der Waals surface area contributed by atoms with Gasteiger partial charge in [-0.25, -0.2) is 23.1 Å². The lowest BCUT2D eigenvalue weighted by molar-refractivity contribution is 0.515. The highest BCUT2D eigenvalue weighted by atomic mass is 32.1. The summed E-state index contributed by atoms with van der Waals surface area (Å²) in [4.78, 5) is 25.9. The van der Waals surface area contributed by atoms with Gasteiger partial charge in [0.2, 0.25) is 5.56 Å². The molecule has 0 spiro atoms. The van der Waals surface area contributed by atoms with E-state index in [9.17, 15) is 18.0 Å². The highest BCUT2D eigenvalue weighted by molar-refractivity contribution is 7.16. The van der Waals surface area contributed by atoms with E-state index in [1.807, 2.05) is 16.3 Å². The molecule has 5 aromatic rings. The van der Waals surface area contributed by atoms with E-state index in [-0.39, 0.29) is 24.4 Å². The minimum Gasteiger partial charge on any atom is -0.347 e. The molecule has 1 N–H and O–H groups in total. The van der Waals surface area contributed by atoms with Crippen LogP contribution in [0.25, 0.3) is 21.1 Å². The standard InChI is InChI=1S/C23H15F3N4OS/c24-15-3-1-2-13(8-15)10-30(22-17-6-7-32-23(17)28-12-27-22)11-14-9-19(31)29-21-16(14)4-5-18(25)20(21)26/h1-9,12H,10-11H2,(H,29,31). The molecular formula is C23H15F3N4OS. The molecule has 5 nitrogen and oxygen atoms in total. The van der Waals surface area contributed by atoms with Gasteiger partial charge in [-0.1, -0.05) is 12.1 Å². The van der Waals surface area contributed by atoms with Crippen molar-refractivity contribution in [2.24, 2.45) is 0 Å². The van der Waals surface area contributed by atoms with Crippen molar-refractivity contribution in [1.82, 2.24) is 15.0 Å². The Balaban J connectivity index is 1.65. The van der Waals surface area contributed by atoms with Gasteiger partial charge < -0.3 is 9.88 Å². The molecule has 0 amide bonds. The van der Waals surface area contributed by atoms with Gasteiger partial charge in [0.1, 0.15) is 22.8 Å². The Morgan fingerprint density at radius 2 is 1.84 bits per heavy atom. The number of hydrogen-bond acceptors (Lipinski definition) is 5. The molecule has 5 rings (SSSR count). The maximum Gasteiger partial charge on any atom is 0.248 e. The van der Waals surface area contributed by atoms with Crippen molar-refractivity contribution in [3.05, 3.63) is 99.2 Å². The summed E-state index contributed by atoms with van der Waals surface area (Å²) >= 11 is 1.46. The summed E-state index contributed by atoms with van der Waals surface area (Å²) < 4.78 is 41.9. The summed E-state index contributed by atoms with van der Waals surface area (Å²) in [7, 11) is 0. The summed E-state index contributed by atoms with van der Waals surface area (Å²) in [6.07, 6.45) is 1.44. The van der Waals surface area contributed by atoms with Crippen LogP contribution in [-0.4, -0.2) is 15.0 Å². The highest BCUT2D eigenvalue weighted by Crippen LogP contribution is 2.30. The molecular weight excluding hydrogens is 437 g/mol. The van der Waals surface area contributed by atoms with Crippen LogP contribution >= 0.6 is 11.3 Å². The molecule has 0 aliphatic carbocycles. The number of aromatic nitrogens is 3. The molecule has 0 fully saturated rings. The average molecular weight is 452 g/mol. The van der Waals surface area contributed by atoms with Gasteiger partial charge in [0.15, 0.2) is 11.6 Å². The predicted molar refractivity (Wildman–Crippen MR) is 118 cm³/mol. The first kappa shape index (κ1) is 20.2. The van der Waals surface area contributed by atoms with Gasteiger partial charge in [-0.3, -0.25) is 4.79 Å². The first-order valence-electron chi connectivity index (χ1n) is 9.67. The van der Waals surface area contributed by atoms with Crippen molar-refractivity contribution >= 4 is 38.3 Å². The minimum atomic E-state index is -1.11. The van der Waals surface area contributed by atoms with Crippen molar-refractivity contribution in [2.75, 3.05) is 4.90 Å². The number of H-pyrrole nitrogens is 1. The van der Waals surface area contributed by atoms with Gasteiger partial charge in [-0.05, 0) is 46.8 Å². The van der Waals surface area contributed by atoms with Gasteiger partial charge in [-0.2, -0.15) is 0 Å². The van der Waals surface area contributed by atoms with E-state index in [4.69, 9.17) is 0 Å². The van der Waals surface area contributed by atoms with Gasteiger partial charge in [0, 0.05) is 24.5 Å². The van der Waals surface area contributed by atoms with Crippen LogP contribution in [0.3, 0.4) is 0 Å². The molecule has 32 heavy (non-hydrogen) atoms. The maximum atomic E-state index is 14.4. The molecule has 0 aliphatic rings. The summed E-state index contributed by atoms with van der Waals surface area (Å²) in [5.41, 5.74) is 0.437. The fourth-order valence-corrected chi connectivity index (χ4v) is 4.49. The summed E-state index contributed by atoms with van der Waals surface area (Å²) in [5.74, 6) is -1.93. The van der Waals surface area contributed by atoms with Crippen LogP contribution in [0.4, 0.5) is 19.0 Å². The van der Waals surface area contributed by atoms with Gasteiger partial charge in [0.25, 0.3) is 0 Å². The molecule has 0 saturated carbocycles. The number of halogens is 3. The first-order valence-corrected chi connectivity index (χ1v) is 10.5. The molecule has 3 heterocycles.